The summed E-state index contributed by atoms with van der Waals surface area (Å²) in [5, 5.41) is 14.0. The summed E-state index contributed by atoms with van der Waals surface area (Å²) in [7, 11) is 1.30. The minimum Gasteiger partial charge on any atom is -0.468 e. The lowest BCUT2D eigenvalue weighted by molar-refractivity contribution is -0.150. The maximum atomic E-state index is 13.0. The van der Waals surface area contributed by atoms with E-state index in [2.05, 4.69) is 16.1 Å². The Morgan fingerprint density at radius 3 is 2.41 bits per heavy atom. The van der Waals surface area contributed by atoms with Gasteiger partial charge in [0.2, 0.25) is 0 Å². The lowest BCUT2D eigenvalue weighted by atomic mass is 9.82. The monoisotopic (exact) mass is 434 g/mol. The van der Waals surface area contributed by atoms with E-state index in [0.29, 0.717) is 26.9 Å². The Bertz CT molecular complexity index is 908. The van der Waals surface area contributed by atoms with Crippen LogP contribution in [0.15, 0.2) is 46.1 Å². The van der Waals surface area contributed by atoms with Crippen molar-refractivity contribution in [3.63, 3.8) is 0 Å². The Morgan fingerprint density at radius 1 is 1.28 bits per heavy atom. The van der Waals surface area contributed by atoms with Crippen LogP contribution in [0.25, 0.3) is 0 Å². The van der Waals surface area contributed by atoms with Gasteiger partial charge >= 0.3 is 11.9 Å². The van der Waals surface area contributed by atoms with Gasteiger partial charge in [0.05, 0.1) is 41.0 Å². The molecular weight excluding hydrogens is 412 g/mol. The van der Waals surface area contributed by atoms with Crippen LogP contribution in [0.3, 0.4) is 0 Å². The molecule has 1 heterocycles. The maximum Gasteiger partial charge on any atom is 0.337 e. The minimum atomic E-state index is -0.689. The second kappa shape index (κ2) is 9.38. The third-order valence-electron chi connectivity index (χ3n) is 4.03. The fourth-order valence-electron chi connectivity index (χ4n) is 2.81. The van der Waals surface area contributed by atoms with Crippen LogP contribution in [0.4, 0.5) is 0 Å². The van der Waals surface area contributed by atoms with E-state index in [9.17, 15) is 14.9 Å². The van der Waals surface area contributed by atoms with E-state index in [0.717, 1.165) is 17.3 Å². The number of esters is 2. The molecule has 2 rings (SSSR count). The number of carbonyl (C=O) groups is 2. The molecule has 29 heavy (non-hydrogen) atoms. The van der Waals surface area contributed by atoms with Crippen molar-refractivity contribution in [3.05, 3.63) is 56.7 Å². The van der Waals surface area contributed by atoms with Crippen LogP contribution in [0.1, 0.15) is 39.2 Å². The third kappa shape index (κ3) is 5.78. The summed E-state index contributed by atoms with van der Waals surface area (Å²) in [5.41, 5.74) is 1.27. The Balaban J connectivity index is 2.56. The molecule has 0 saturated heterocycles. The van der Waals surface area contributed by atoms with Crippen molar-refractivity contribution in [2.75, 3.05) is 12.9 Å². The zero-order valence-electron chi connectivity index (χ0n) is 17.0. The quantitative estimate of drug-likeness (QED) is 0.691. The van der Waals surface area contributed by atoms with Gasteiger partial charge in [0.15, 0.2) is 0 Å². The predicted molar refractivity (Wildman–Crippen MR) is 113 cm³/mol. The topological polar surface area (TPSA) is 88.4 Å². The lowest BCUT2D eigenvalue weighted by Gasteiger charge is -2.31. The van der Waals surface area contributed by atoms with Crippen molar-refractivity contribution in [2.45, 2.75) is 39.2 Å². The molecule has 154 valence electrons. The fraction of sp³-hybridized carbons (Fsp3) is 0.381. The highest BCUT2D eigenvalue weighted by Gasteiger charge is 2.37. The molecule has 0 unspecified atom stereocenters. The molecule has 0 aliphatic carbocycles. The number of ether oxygens (including phenoxy) is 2. The van der Waals surface area contributed by atoms with Crippen LogP contribution in [-0.4, -0.2) is 30.4 Å². The first-order valence-corrected chi connectivity index (χ1v) is 10.2. The standard InChI is InChI=1S/C21H23ClN2O4S/c1-12-17(20(26)28-21(2,3)4)18(13-6-8-14(22)9-7-13)15(10-23)19(24-12)29-11-16(25)27-5/h6-9,18,24H,11H2,1-5H3/t18-/m1/s1. The molecule has 1 aromatic rings. The number of nitrogens with zero attached hydrogens (tertiary/aromatic N) is 1. The fourth-order valence-corrected chi connectivity index (χ4v) is 3.86. The summed E-state index contributed by atoms with van der Waals surface area (Å²) in [5.74, 6) is -1.53. The molecule has 0 spiro atoms. The van der Waals surface area contributed by atoms with E-state index >= 15 is 0 Å². The van der Waals surface area contributed by atoms with E-state index in [1.54, 1.807) is 52.0 Å². The molecule has 6 nitrogen and oxygen atoms in total. The summed E-state index contributed by atoms with van der Waals surface area (Å²) < 4.78 is 10.3. The number of rotatable bonds is 5. The molecule has 0 bridgehead atoms. The van der Waals surface area contributed by atoms with Crippen LogP contribution in [0.5, 0.6) is 0 Å². The SMILES string of the molecule is COC(=O)CSC1=C(C#N)[C@@H](c2ccc(Cl)cc2)C(C(=O)OC(C)(C)C)=C(C)N1. The highest BCUT2D eigenvalue weighted by atomic mass is 35.5. The zero-order chi connectivity index (χ0) is 21.8. The first-order chi connectivity index (χ1) is 13.6. The van der Waals surface area contributed by atoms with Crippen molar-refractivity contribution < 1.29 is 19.1 Å². The van der Waals surface area contributed by atoms with Crippen LogP contribution in [0.2, 0.25) is 5.02 Å². The largest absolute Gasteiger partial charge is 0.468 e. The third-order valence-corrected chi connectivity index (χ3v) is 5.27. The number of methoxy groups -OCH3 is 1. The van der Waals surface area contributed by atoms with Crippen LogP contribution >= 0.6 is 23.4 Å². The van der Waals surface area contributed by atoms with Crippen molar-refractivity contribution in [1.29, 1.82) is 5.26 Å². The van der Waals surface area contributed by atoms with Gasteiger partial charge in [0.1, 0.15) is 5.60 Å². The van der Waals surface area contributed by atoms with Gasteiger partial charge in [0.25, 0.3) is 0 Å². The van der Waals surface area contributed by atoms with Gasteiger partial charge in [-0.15, -0.1) is 0 Å². The summed E-state index contributed by atoms with van der Waals surface area (Å²) in [6.07, 6.45) is 0. The molecule has 0 amide bonds. The molecule has 1 aliphatic heterocycles. The first-order valence-electron chi connectivity index (χ1n) is 8.88. The van der Waals surface area contributed by atoms with Gasteiger partial charge in [0, 0.05) is 10.7 Å². The summed E-state index contributed by atoms with van der Waals surface area (Å²) in [4.78, 5) is 24.6. The van der Waals surface area contributed by atoms with E-state index < -0.39 is 23.5 Å². The van der Waals surface area contributed by atoms with Crippen LogP contribution in [0, 0.1) is 11.3 Å². The number of thioether (sulfide) groups is 1. The minimum absolute atomic E-state index is 0.0341. The van der Waals surface area contributed by atoms with Gasteiger partial charge in [-0.3, -0.25) is 4.79 Å². The molecule has 0 fully saturated rings. The molecule has 1 N–H and O–H groups in total. The van der Waals surface area contributed by atoms with Crippen molar-refractivity contribution >= 4 is 35.3 Å². The molecule has 0 saturated carbocycles. The van der Waals surface area contributed by atoms with Gasteiger partial charge in [-0.2, -0.15) is 5.26 Å². The Kier molecular flexibility index (Phi) is 7.39. The van der Waals surface area contributed by atoms with E-state index in [1.807, 2.05) is 0 Å². The van der Waals surface area contributed by atoms with E-state index in [1.165, 1.54) is 7.11 Å². The molecule has 1 atom stereocenters. The molecule has 0 aromatic heterocycles. The van der Waals surface area contributed by atoms with Crippen LogP contribution in [-0.2, 0) is 19.1 Å². The van der Waals surface area contributed by atoms with Crippen LogP contribution < -0.4 is 5.32 Å². The summed E-state index contributed by atoms with van der Waals surface area (Å²) in [6.45, 7) is 7.10. The smallest absolute Gasteiger partial charge is 0.337 e. The Labute approximate surface area is 179 Å². The predicted octanol–water partition coefficient (Wildman–Crippen LogP) is 4.28. The highest BCUT2D eigenvalue weighted by molar-refractivity contribution is 8.03. The van der Waals surface area contributed by atoms with Gasteiger partial charge in [-0.25, -0.2) is 4.79 Å². The Morgan fingerprint density at radius 2 is 1.90 bits per heavy atom. The van der Waals surface area contributed by atoms with Gasteiger partial charge < -0.3 is 14.8 Å². The normalized spacial score (nSPS) is 16.8. The average Bonchev–Trinajstić information content (AvgIpc) is 2.64. The van der Waals surface area contributed by atoms with Crippen molar-refractivity contribution in [3.8, 4) is 6.07 Å². The summed E-state index contributed by atoms with van der Waals surface area (Å²) >= 11 is 7.17. The van der Waals surface area contributed by atoms with Gasteiger partial charge in [-0.1, -0.05) is 35.5 Å². The molecule has 0 radical (unpaired) electrons. The highest BCUT2D eigenvalue weighted by Crippen LogP contribution is 2.41. The molecule has 1 aliphatic rings. The zero-order valence-corrected chi connectivity index (χ0v) is 18.5. The second-order valence-electron chi connectivity index (χ2n) is 7.37. The number of halogens is 1. The number of nitrogens with one attached hydrogen (secondary N) is 1. The molecule has 1 aromatic carbocycles. The molecular formula is C21H23ClN2O4S. The number of dihydropyridines is 1. The Hall–Kier alpha value is -2.43. The number of hydrogen-bond acceptors (Lipinski definition) is 7. The number of hydrogen-bond donors (Lipinski definition) is 1. The van der Waals surface area contributed by atoms with E-state index in [-0.39, 0.29) is 5.75 Å². The number of allylic oxidation sites excluding steroid dienone is 2. The van der Waals surface area contributed by atoms with Crippen molar-refractivity contribution in [1.82, 2.24) is 5.32 Å². The average molecular weight is 435 g/mol. The molecule has 8 heteroatoms. The number of carbonyl (C=O) groups excluding carboxylic acids is 2. The van der Waals surface area contributed by atoms with E-state index in [4.69, 9.17) is 16.3 Å². The van der Waals surface area contributed by atoms with Crippen molar-refractivity contribution in [2.24, 2.45) is 0 Å². The number of nitriles is 1. The number of benzene rings is 1. The lowest BCUT2D eigenvalue weighted by Crippen LogP contribution is -2.32. The first kappa shape index (κ1) is 22.9. The van der Waals surface area contributed by atoms with Gasteiger partial charge in [-0.05, 0) is 45.4 Å². The summed E-state index contributed by atoms with van der Waals surface area (Å²) in [6, 6.07) is 9.16. The second-order valence-corrected chi connectivity index (χ2v) is 8.79. The maximum absolute atomic E-state index is 13.0.